The number of aldehydes is 1. The maximum absolute atomic E-state index is 11.4. The van der Waals surface area contributed by atoms with E-state index >= 15 is 0 Å². The van der Waals surface area contributed by atoms with Gasteiger partial charge in [0.15, 0.2) is 6.29 Å². The molecule has 0 aliphatic carbocycles. The van der Waals surface area contributed by atoms with Gasteiger partial charge in [0.2, 0.25) is 0 Å². The molecule has 2 rings (SSSR count). The van der Waals surface area contributed by atoms with Crippen LogP contribution in [0.4, 0.5) is 5.69 Å². The molecule has 0 heterocycles. The summed E-state index contributed by atoms with van der Waals surface area (Å²) < 4.78 is 10.1. The van der Waals surface area contributed by atoms with Crippen molar-refractivity contribution in [2.45, 2.75) is 20.5 Å². The van der Waals surface area contributed by atoms with E-state index < -0.39 is 10.9 Å². The van der Waals surface area contributed by atoms with Crippen LogP contribution in [0.3, 0.4) is 0 Å². The average Bonchev–Trinajstić information content (AvgIpc) is 2.67. The fourth-order valence-electron chi connectivity index (χ4n) is 1.98. The standard InChI is InChI=1S/C16H13NO6.C2H6/c1-22-16(19)11-6-7-15(13(8-11)9-18)23-10-12-4-2-3-5-14(12)17(20)21;1-2/h2-9H,10H2,1H3;1-2H3. The average molecular weight is 345 g/mol. The topological polar surface area (TPSA) is 95.7 Å². The van der Waals surface area contributed by atoms with Crippen LogP contribution in [0.1, 0.15) is 40.1 Å². The highest BCUT2D eigenvalue weighted by Crippen LogP contribution is 2.23. The van der Waals surface area contributed by atoms with Gasteiger partial charge in [0.05, 0.1) is 28.7 Å². The Balaban J connectivity index is 0.00000151. The molecule has 132 valence electrons. The molecule has 0 N–H and O–H groups in total. The van der Waals surface area contributed by atoms with Crippen molar-refractivity contribution in [1.82, 2.24) is 0 Å². The number of para-hydroxylation sites is 1. The predicted molar refractivity (Wildman–Crippen MR) is 91.9 cm³/mol. The molecule has 0 amide bonds. The molecule has 0 radical (unpaired) electrons. The summed E-state index contributed by atoms with van der Waals surface area (Å²) in [5, 5.41) is 11.0. The summed E-state index contributed by atoms with van der Waals surface area (Å²) >= 11 is 0. The van der Waals surface area contributed by atoms with Gasteiger partial charge in [0.25, 0.3) is 5.69 Å². The first-order chi connectivity index (χ1) is 12.1. The molecule has 7 nitrogen and oxygen atoms in total. The number of methoxy groups -OCH3 is 1. The van der Waals surface area contributed by atoms with Gasteiger partial charge in [-0.1, -0.05) is 26.0 Å². The third kappa shape index (κ3) is 5.13. The molecule has 7 heteroatoms. The summed E-state index contributed by atoms with van der Waals surface area (Å²) in [5.41, 5.74) is 0.692. The molecule has 2 aromatic carbocycles. The monoisotopic (exact) mass is 345 g/mol. The van der Waals surface area contributed by atoms with Gasteiger partial charge in [0.1, 0.15) is 12.4 Å². The van der Waals surface area contributed by atoms with Crippen LogP contribution in [-0.2, 0) is 11.3 Å². The van der Waals surface area contributed by atoms with E-state index in [1.807, 2.05) is 13.8 Å². The number of hydrogen-bond donors (Lipinski definition) is 0. The zero-order valence-corrected chi connectivity index (χ0v) is 14.2. The molecule has 0 aromatic heterocycles. The van der Waals surface area contributed by atoms with Crippen LogP contribution in [0.15, 0.2) is 42.5 Å². The van der Waals surface area contributed by atoms with E-state index in [2.05, 4.69) is 4.74 Å². The Morgan fingerprint density at radius 3 is 2.48 bits per heavy atom. The number of nitro groups is 1. The number of rotatable bonds is 6. The van der Waals surface area contributed by atoms with E-state index in [0.717, 1.165) is 0 Å². The molecule has 0 saturated carbocycles. The molecule has 0 atom stereocenters. The number of benzene rings is 2. The van der Waals surface area contributed by atoms with Crippen molar-refractivity contribution in [3.63, 3.8) is 0 Å². The Kier molecular flexibility index (Phi) is 7.78. The Morgan fingerprint density at radius 1 is 1.20 bits per heavy atom. The summed E-state index contributed by atoms with van der Waals surface area (Å²) in [6, 6.07) is 10.4. The van der Waals surface area contributed by atoms with Gasteiger partial charge < -0.3 is 9.47 Å². The quantitative estimate of drug-likeness (QED) is 0.342. The third-order valence-corrected chi connectivity index (χ3v) is 3.13. The lowest BCUT2D eigenvalue weighted by molar-refractivity contribution is -0.385. The summed E-state index contributed by atoms with van der Waals surface area (Å²) in [5.74, 6) is -0.343. The first kappa shape index (κ1) is 19.8. The molecule has 25 heavy (non-hydrogen) atoms. The van der Waals surface area contributed by atoms with Gasteiger partial charge in [-0.05, 0) is 24.3 Å². The summed E-state index contributed by atoms with van der Waals surface area (Å²) in [6.45, 7) is 3.93. The van der Waals surface area contributed by atoms with Crippen LogP contribution >= 0.6 is 0 Å². The maximum atomic E-state index is 11.4. The molecule has 2 aromatic rings. The van der Waals surface area contributed by atoms with E-state index in [1.54, 1.807) is 18.2 Å². The highest BCUT2D eigenvalue weighted by molar-refractivity contribution is 5.92. The minimum absolute atomic E-state index is 0.0636. The van der Waals surface area contributed by atoms with Crippen molar-refractivity contribution in [2.24, 2.45) is 0 Å². The number of carbonyl (C=O) groups is 2. The number of nitro benzene ring substituents is 1. The summed E-state index contributed by atoms with van der Waals surface area (Å²) in [7, 11) is 1.24. The smallest absolute Gasteiger partial charge is 0.337 e. The van der Waals surface area contributed by atoms with Gasteiger partial charge in [0, 0.05) is 6.07 Å². The van der Waals surface area contributed by atoms with E-state index in [-0.39, 0.29) is 29.2 Å². The molecule has 0 aliphatic rings. The Morgan fingerprint density at radius 2 is 1.88 bits per heavy atom. The van der Waals surface area contributed by atoms with Gasteiger partial charge in [-0.3, -0.25) is 14.9 Å². The first-order valence-electron chi connectivity index (χ1n) is 7.59. The van der Waals surface area contributed by atoms with Gasteiger partial charge in [-0.15, -0.1) is 0 Å². The predicted octanol–water partition coefficient (Wildman–Crippen LogP) is 3.80. The Bertz CT molecular complexity index is 757. The van der Waals surface area contributed by atoms with Gasteiger partial charge in [-0.25, -0.2) is 4.79 Å². The van der Waals surface area contributed by atoms with Crippen molar-refractivity contribution < 1.29 is 24.0 Å². The largest absolute Gasteiger partial charge is 0.488 e. The zero-order chi connectivity index (χ0) is 18.8. The van der Waals surface area contributed by atoms with Crippen molar-refractivity contribution in [3.05, 3.63) is 69.3 Å². The lowest BCUT2D eigenvalue weighted by atomic mass is 10.1. The lowest BCUT2D eigenvalue weighted by Crippen LogP contribution is -2.05. The van der Waals surface area contributed by atoms with Crippen molar-refractivity contribution in [1.29, 1.82) is 0 Å². The number of carbonyl (C=O) groups excluding carboxylic acids is 2. The van der Waals surface area contributed by atoms with Crippen LogP contribution in [-0.4, -0.2) is 24.3 Å². The maximum Gasteiger partial charge on any atom is 0.337 e. The normalized spacial score (nSPS) is 9.40. The van der Waals surface area contributed by atoms with Crippen LogP contribution in [0.5, 0.6) is 5.75 Å². The minimum Gasteiger partial charge on any atom is -0.488 e. The molecule has 0 saturated heterocycles. The highest BCUT2D eigenvalue weighted by Gasteiger charge is 2.15. The van der Waals surface area contributed by atoms with E-state index in [1.165, 1.54) is 31.4 Å². The fourth-order valence-corrected chi connectivity index (χ4v) is 1.98. The van der Waals surface area contributed by atoms with E-state index in [0.29, 0.717) is 11.8 Å². The molecule has 0 fully saturated rings. The summed E-state index contributed by atoms with van der Waals surface area (Å²) in [6.07, 6.45) is 0.543. The molecule has 0 unspecified atom stereocenters. The second-order valence-corrected chi connectivity index (χ2v) is 4.54. The van der Waals surface area contributed by atoms with E-state index in [4.69, 9.17) is 4.74 Å². The number of ether oxygens (including phenoxy) is 2. The summed E-state index contributed by atoms with van der Waals surface area (Å²) in [4.78, 5) is 33.0. The SMILES string of the molecule is CC.COC(=O)c1ccc(OCc2ccccc2[N+](=O)[O-])c(C=O)c1. The second kappa shape index (κ2) is 9.82. The zero-order valence-electron chi connectivity index (χ0n) is 14.2. The molecule has 0 spiro atoms. The van der Waals surface area contributed by atoms with Crippen LogP contribution in [0.2, 0.25) is 0 Å². The fraction of sp³-hybridized carbons (Fsp3) is 0.222. The van der Waals surface area contributed by atoms with Crippen LogP contribution in [0.25, 0.3) is 0 Å². The Hall–Kier alpha value is -3.22. The number of esters is 1. The molecule has 0 aliphatic heterocycles. The van der Waals surface area contributed by atoms with Crippen LogP contribution < -0.4 is 4.74 Å². The molecule has 0 bridgehead atoms. The van der Waals surface area contributed by atoms with E-state index in [9.17, 15) is 19.7 Å². The third-order valence-electron chi connectivity index (χ3n) is 3.13. The van der Waals surface area contributed by atoms with Crippen LogP contribution in [0, 0.1) is 10.1 Å². The lowest BCUT2D eigenvalue weighted by Gasteiger charge is -2.10. The highest BCUT2D eigenvalue weighted by atomic mass is 16.6. The van der Waals surface area contributed by atoms with Gasteiger partial charge >= 0.3 is 5.97 Å². The second-order valence-electron chi connectivity index (χ2n) is 4.54. The molecular formula is C18H19NO6. The van der Waals surface area contributed by atoms with Crippen molar-refractivity contribution >= 4 is 17.9 Å². The van der Waals surface area contributed by atoms with Gasteiger partial charge in [-0.2, -0.15) is 0 Å². The van der Waals surface area contributed by atoms with Crippen molar-refractivity contribution in [3.8, 4) is 5.75 Å². The number of nitrogens with zero attached hydrogens (tertiary/aromatic N) is 1. The number of hydrogen-bond acceptors (Lipinski definition) is 6. The van der Waals surface area contributed by atoms with Crippen molar-refractivity contribution in [2.75, 3.05) is 7.11 Å². The Labute approximate surface area is 145 Å². The first-order valence-corrected chi connectivity index (χ1v) is 7.59. The minimum atomic E-state index is -0.571. The molecular weight excluding hydrogens is 326 g/mol.